The van der Waals surface area contributed by atoms with Crippen molar-refractivity contribution < 1.29 is 22.7 Å². The third-order valence-electron chi connectivity index (χ3n) is 7.14. The van der Waals surface area contributed by atoms with Crippen molar-refractivity contribution in [3.05, 3.63) is 66.9 Å². The largest absolute Gasteiger partial charge is 0.454 e. The summed E-state index contributed by atoms with van der Waals surface area (Å²) in [5, 5.41) is 6.40. The number of anilines is 1. The lowest BCUT2D eigenvalue weighted by Crippen LogP contribution is -2.70. The van der Waals surface area contributed by atoms with Gasteiger partial charge in [0.2, 0.25) is 18.6 Å². The van der Waals surface area contributed by atoms with Crippen molar-refractivity contribution in [1.29, 1.82) is 0 Å². The lowest BCUT2D eigenvalue weighted by Gasteiger charge is -2.52. The third kappa shape index (κ3) is 5.76. The zero-order valence-corrected chi connectivity index (χ0v) is 24.2. The number of carbonyl (C=O) groups is 1. The Kier molecular flexibility index (Phi) is 7.98. The summed E-state index contributed by atoms with van der Waals surface area (Å²) in [5.41, 5.74) is 1.53. The molecule has 0 aliphatic carbocycles. The number of carbonyl (C=O) groups excluding carboxylic acids is 1. The molecule has 1 atom stereocenters. The number of hydrazine groups is 1. The van der Waals surface area contributed by atoms with Crippen LogP contribution in [0.2, 0.25) is 0 Å². The van der Waals surface area contributed by atoms with Gasteiger partial charge in [0, 0.05) is 57.9 Å². The van der Waals surface area contributed by atoms with Gasteiger partial charge < -0.3 is 19.7 Å². The van der Waals surface area contributed by atoms with Crippen molar-refractivity contribution >= 4 is 21.6 Å². The molecule has 2 aromatic heterocycles. The molecule has 0 bridgehead atoms. The Morgan fingerprint density at radius 3 is 2.73 bits per heavy atom. The average molecular weight is 583 g/mol. The molecular weight excluding hydrogens is 548 g/mol. The van der Waals surface area contributed by atoms with E-state index in [-0.39, 0.29) is 32.1 Å². The molecule has 5 rings (SSSR count). The highest BCUT2D eigenvalue weighted by atomic mass is 32.2. The van der Waals surface area contributed by atoms with E-state index < -0.39 is 20.6 Å². The third-order valence-corrected chi connectivity index (χ3v) is 9.46. The molecule has 13 nitrogen and oxygen atoms in total. The number of nitrogens with zero attached hydrogens (tertiary/aromatic N) is 7. The van der Waals surface area contributed by atoms with Crippen molar-refractivity contribution in [2.45, 2.75) is 24.8 Å². The SMILES string of the molecule is C=CCS(=O)(=O)C1(CC(=O)NCc2ccc3c(c2)OCO3)CN(c2cc(C)nc(-n3ccnc3)n2)CCN1N(C)C. The molecule has 14 heteroatoms. The van der Waals surface area contributed by atoms with E-state index in [9.17, 15) is 13.2 Å². The van der Waals surface area contributed by atoms with Gasteiger partial charge in [0.05, 0.1) is 18.7 Å². The molecule has 1 fully saturated rings. The van der Waals surface area contributed by atoms with E-state index in [0.29, 0.717) is 36.4 Å². The van der Waals surface area contributed by atoms with Gasteiger partial charge in [-0.1, -0.05) is 12.1 Å². The first-order chi connectivity index (χ1) is 19.6. The first-order valence-corrected chi connectivity index (χ1v) is 14.8. The fraction of sp³-hybridized carbons (Fsp3) is 0.407. The zero-order chi connectivity index (χ0) is 29.2. The van der Waals surface area contributed by atoms with Crippen LogP contribution in [-0.2, 0) is 21.2 Å². The van der Waals surface area contributed by atoms with Crippen LogP contribution in [-0.4, -0.2) is 95.0 Å². The van der Waals surface area contributed by atoms with Gasteiger partial charge in [-0.15, -0.1) is 6.58 Å². The first-order valence-electron chi connectivity index (χ1n) is 13.1. The number of aryl methyl sites for hydroxylation is 1. The van der Waals surface area contributed by atoms with E-state index in [1.165, 1.54) is 6.08 Å². The smallest absolute Gasteiger partial charge is 0.237 e. The van der Waals surface area contributed by atoms with Crippen LogP contribution >= 0.6 is 0 Å². The van der Waals surface area contributed by atoms with Crippen molar-refractivity contribution in [3.8, 4) is 17.4 Å². The number of imidazole rings is 1. The molecule has 41 heavy (non-hydrogen) atoms. The standard InChI is InChI=1S/C27H34N8O5S/c1-5-12-41(37,38)27(15-25(36)29-16-21-6-7-22-23(14-21)40-19-39-22)17-33(10-11-35(27)32(3)4)24-13-20(2)30-26(31-24)34-9-8-28-18-34/h5-9,13-14,18H,1,10-12,15-17,19H2,2-4H3,(H,29,36). The molecule has 1 aromatic carbocycles. The van der Waals surface area contributed by atoms with Crippen LogP contribution in [0.1, 0.15) is 17.7 Å². The molecule has 2 aliphatic rings. The van der Waals surface area contributed by atoms with E-state index in [1.54, 1.807) is 59.5 Å². The lowest BCUT2D eigenvalue weighted by atomic mass is 10.1. The number of benzene rings is 1. The molecule has 0 radical (unpaired) electrons. The normalized spacial score (nSPS) is 19.0. The summed E-state index contributed by atoms with van der Waals surface area (Å²) in [7, 11) is -0.347. The monoisotopic (exact) mass is 582 g/mol. The molecule has 1 N–H and O–H groups in total. The molecule has 4 heterocycles. The number of hydrogen-bond acceptors (Lipinski definition) is 11. The highest BCUT2D eigenvalue weighted by Crippen LogP contribution is 2.35. The Bertz CT molecular complexity index is 1530. The van der Waals surface area contributed by atoms with Crippen LogP contribution in [0.5, 0.6) is 11.5 Å². The number of amides is 1. The molecule has 218 valence electrons. The Morgan fingerprint density at radius 1 is 1.20 bits per heavy atom. The van der Waals surface area contributed by atoms with Crippen molar-refractivity contribution in [2.24, 2.45) is 0 Å². The summed E-state index contributed by atoms with van der Waals surface area (Å²) in [4.78, 5) is 27.1. The topological polar surface area (TPSA) is 135 Å². The Hall–Kier alpha value is -4.01. The van der Waals surface area contributed by atoms with E-state index >= 15 is 0 Å². The average Bonchev–Trinajstić information content (AvgIpc) is 3.63. The molecule has 1 amide bonds. The number of ether oxygens (including phenoxy) is 2. The van der Waals surface area contributed by atoms with Gasteiger partial charge in [-0.2, -0.15) is 4.98 Å². The minimum atomic E-state index is -3.91. The molecule has 2 aliphatic heterocycles. The van der Waals surface area contributed by atoms with Crippen molar-refractivity contribution in [1.82, 2.24) is 34.9 Å². The van der Waals surface area contributed by atoms with Gasteiger partial charge in [0.25, 0.3) is 0 Å². The summed E-state index contributed by atoms with van der Waals surface area (Å²) >= 11 is 0. The zero-order valence-electron chi connectivity index (χ0n) is 23.4. The second kappa shape index (κ2) is 11.5. The molecule has 0 saturated carbocycles. The number of rotatable bonds is 10. The van der Waals surface area contributed by atoms with E-state index in [4.69, 9.17) is 14.5 Å². The predicted octanol–water partition coefficient (Wildman–Crippen LogP) is 1.30. The van der Waals surface area contributed by atoms with Crippen LogP contribution < -0.4 is 19.7 Å². The fourth-order valence-electron chi connectivity index (χ4n) is 5.22. The second-order valence-electron chi connectivity index (χ2n) is 10.2. The maximum absolute atomic E-state index is 14.0. The van der Waals surface area contributed by atoms with Crippen LogP contribution in [0.15, 0.2) is 55.6 Å². The predicted molar refractivity (Wildman–Crippen MR) is 152 cm³/mol. The number of piperazine rings is 1. The quantitative estimate of drug-likeness (QED) is 0.347. The maximum Gasteiger partial charge on any atom is 0.237 e. The minimum absolute atomic E-state index is 0.0125. The minimum Gasteiger partial charge on any atom is -0.454 e. The van der Waals surface area contributed by atoms with Gasteiger partial charge in [-0.05, 0) is 24.6 Å². The van der Waals surface area contributed by atoms with Gasteiger partial charge in [-0.25, -0.2) is 28.4 Å². The van der Waals surface area contributed by atoms with E-state index in [2.05, 4.69) is 21.9 Å². The highest BCUT2D eigenvalue weighted by Gasteiger charge is 2.54. The van der Waals surface area contributed by atoms with Crippen LogP contribution in [0.4, 0.5) is 5.82 Å². The van der Waals surface area contributed by atoms with Crippen LogP contribution in [0.25, 0.3) is 5.95 Å². The number of nitrogens with one attached hydrogen (secondary N) is 1. The molecule has 1 unspecified atom stereocenters. The van der Waals surface area contributed by atoms with Gasteiger partial charge >= 0.3 is 0 Å². The fourth-order valence-corrected chi connectivity index (χ4v) is 7.12. The van der Waals surface area contributed by atoms with Gasteiger partial charge in [0.15, 0.2) is 26.2 Å². The summed E-state index contributed by atoms with van der Waals surface area (Å²) in [6, 6.07) is 7.24. The first kappa shape index (κ1) is 28.5. The lowest BCUT2D eigenvalue weighted by molar-refractivity contribution is -0.126. The number of hydrogen-bond donors (Lipinski definition) is 1. The molecule has 0 spiro atoms. The Labute approximate surface area is 239 Å². The number of fused-ring (bicyclic) bond motifs is 1. The number of sulfone groups is 1. The summed E-state index contributed by atoms with van der Waals surface area (Å²) in [6.07, 6.45) is 6.05. The molecule has 1 saturated heterocycles. The summed E-state index contributed by atoms with van der Waals surface area (Å²) in [6.45, 7) is 6.74. The van der Waals surface area contributed by atoms with Crippen LogP contribution in [0.3, 0.4) is 0 Å². The van der Waals surface area contributed by atoms with E-state index in [1.807, 2.05) is 24.0 Å². The summed E-state index contributed by atoms with van der Waals surface area (Å²) in [5.74, 6) is 1.56. The Balaban J connectivity index is 1.45. The Morgan fingerprint density at radius 2 is 2.00 bits per heavy atom. The van der Waals surface area contributed by atoms with E-state index in [0.717, 1.165) is 11.3 Å². The van der Waals surface area contributed by atoms with Gasteiger partial charge in [-0.3, -0.25) is 9.36 Å². The molecular formula is C27H34N8O5S. The highest BCUT2D eigenvalue weighted by molar-refractivity contribution is 7.92. The number of aromatic nitrogens is 4. The molecule has 3 aromatic rings. The summed E-state index contributed by atoms with van der Waals surface area (Å²) < 4.78 is 40.6. The van der Waals surface area contributed by atoms with Crippen molar-refractivity contribution in [2.75, 3.05) is 51.2 Å². The van der Waals surface area contributed by atoms with Crippen LogP contribution in [0, 0.1) is 6.92 Å². The van der Waals surface area contributed by atoms with Gasteiger partial charge in [0.1, 0.15) is 12.1 Å². The maximum atomic E-state index is 14.0. The van der Waals surface area contributed by atoms with Crippen molar-refractivity contribution in [3.63, 3.8) is 0 Å². The second-order valence-corrected chi connectivity index (χ2v) is 12.5.